The highest BCUT2D eigenvalue weighted by Crippen LogP contribution is 2.38. The number of rotatable bonds is 3. The quantitative estimate of drug-likeness (QED) is 0.532. The molecule has 3 aromatic rings. The van der Waals surface area contributed by atoms with E-state index in [-0.39, 0.29) is 11.8 Å². The van der Waals surface area contributed by atoms with E-state index in [1.807, 2.05) is 36.4 Å². The van der Waals surface area contributed by atoms with Gasteiger partial charge in [-0.15, -0.1) is 0 Å². The number of hydrogen-bond donors (Lipinski definition) is 1. The van der Waals surface area contributed by atoms with Crippen molar-refractivity contribution in [2.45, 2.75) is 26.8 Å². The van der Waals surface area contributed by atoms with E-state index in [4.69, 9.17) is 16.0 Å². The van der Waals surface area contributed by atoms with Gasteiger partial charge in [-0.1, -0.05) is 55.8 Å². The van der Waals surface area contributed by atoms with E-state index in [9.17, 15) is 10.0 Å². The zero-order valence-corrected chi connectivity index (χ0v) is 14.0. The molecule has 0 aliphatic carbocycles. The van der Waals surface area contributed by atoms with Crippen molar-refractivity contribution >= 4 is 39.4 Å². The summed E-state index contributed by atoms with van der Waals surface area (Å²) in [5.74, 6) is -0.644. The number of benzene rings is 2. The molecule has 5 heteroatoms. The molecule has 0 saturated carbocycles. The van der Waals surface area contributed by atoms with Crippen molar-refractivity contribution in [2.24, 2.45) is 5.92 Å². The molecule has 0 aliphatic rings. The smallest absolute Gasteiger partial charge is 0.249 e. The van der Waals surface area contributed by atoms with Crippen molar-refractivity contribution in [1.29, 1.82) is 0 Å². The molecule has 0 fully saturated rings. The number of hydrogen-bond acceptors (Lipinski definition) is 3. The van der Waals surface area contributed by atoms with E-state index in [2.05, 4.69) is 0 Å². The Morgan fingerprint density at radius 2 is 1.83 bits per heavy atom. The van der Waals surface area contributed by atoms with Gasteiger partial charge in [0, 0.05) is 16.7 Å². The van der Waals surface area contributed by atoms with Gasteiger partial charge in [-0.25, -0.2) is 5.06 Å². The molecule has 3 rings (SSSR count). The summed E-state index contributed by atoms with van der Waals surface area (Å²) in [5, 5.41) is 13.2. The van der Waals surface area contributed by atoms with Gasteiger partial charge in [0.15, 0.2) is 5.58 Å². The van der Waals surface area contributed by atoms with Crippen molar-refractivity contribution in [2.75, 3.05) is 0 Å². The molecule has 1 N–H and O–H groups in total. The van der Waals surface area contributed by atoms with E-state index in [0.717, 1.165) is 21.4 Å². The predicted molar refractivity (Wildman–Crippen MR) is 90.6 cm³/mol. The van der Waals surface area contributed by atoms with Crippen molar-refractivity contribution in [3.63, 3.8) is 0 Å². The van der Waals surface area contributed by atoms with Crippen LogP contribution in [0.25, 0.3) is 21.9 Å². The lowest BCUT2D eigenvalue weighted by molar-refractivity contribution is -0.178. The summed E-state index contributed by atoms with van der Waals surface area (Å²) in [6.07, 6.45) is 0. The first-order valence-electron chi connectivity index (χ1n) is 7.53. The van der Waals surface area contributed by atoms with Crippen LogP contribution >= 0.6 is 11.6 Å². The Balaban J connectivity index is 2.10. The Morgan fingerprint density at radius 3 is 2.52 bits per heavy atom. The Labute approximate surface area is 139 Å². The first-order valence-corrected chi connectivity index (χ1v) is 7.91. The molecule has 0 saturated heterocycles. The predicted octanol–water partition coefficient (Wildman–Crippen LogP) is 5.17. The molecule has 0 spiro atoms. The highest BCUT2D eigenvalue weighted by molar-refractivity contribution is 6.36. The molecular formula is C18H18ClNO3. The number of carbonyl (C=O) groups is 1. The molecule has 0 bridgehead atoms. The maximum atomic E-state index is 12.0. The van der Waals surface area contributed by atoms with Crippen LogP contribution < -0.4 is 0 Å². The average molecular weight is 332 g/mol. The summed E-state index contributed by atoms with van der Waals surface area (Å²) in [7, 11) is 0. The molecule has 23 heavy (non-hydrogen) atoms. The van der Waals surface area contributed by atoms with Gasteiger partial charge in [0.05, 0.1) is 11.1 Å². The third kappa shape index (κ3) is 2.58. The Bertz CT molecular complexity index is 884. The lowest BCUT2D eigenvalue weighted by Crippen LogP contribution is -2.33. The second kappa shape index (κ2) is 5.87. The van der Waals surface area contributed by atoms with E-state index in [1.54, 1.807) is 20.8 Å². The number of fused-ring (bicyclic) bond motifs is 3. The van der Waals surface area contributed by atoms with Crippen LogP contribution in [0.5, 0.6) is 0 Å². The van der Waals surface area contributed by atoms with Gasteiger partial charge in [0.1, 0.15) is 5.58 Å². The SMILES string of the molecule is CC(C)C(=O)N(O)C(C)c1ccc2c(oc3ccccc32)c1Cl. The normalized spacial score (nSPS) is 13.0. The number of furan rings is 1. The fourth-order valence-corrected chi connectivity index (χ4v) is 3.04. The summed E-state index contributed by atoms with van der Waals surface area (Å²) >= 11 is 6.49. The van der Waals surface area contributed by atoms with Crippen LogP contribution in [-0.2, 0) is 4.79 Å². The minimum absolute atomic E-state index is 0.295. The second-order valence-electron chi connectivity index (χ2n) is 5.96. The molecule has 2 aromatic carbocycles. The first kappa shape index (κ1) is 15.8. The molecule has 4 nitrogen and oxygen atoms in total. The average Bonchev–Trinajstić information content (AvgIpc) is 2.93. The van der Waals surface area contributed by atoms with Gasteiger partial charge in [-0.05, 0) is 18.6 Å². The third-order valence-corrected chi connectivity index (χ3v) is 4.44. The number of hydroxylamine groups is 2. The summed E-state index contributed by atoms with van der Waals surface area (Å²) in [6, 6.07) is 10.9. The molecule has 1 heterocycles. The number of amides is 1. The van der Waals surface area contributed by atoms with E-state index < -0.39 is 6.04 Å². The second-order valence-corrected chi connectivity index (χ2v) is 6.34. The summed E-state index contributed by atoms with van der Waals surface area (Å²) < 4.78 is 5.84. The molecule has 120 valence electrons. The number of halogens is 1. The van der Waals surface area contributed by atoms with Gasteiger partial charge >= 0.3 is 0 Å². The van der Waals surface area contributed by atoms with Gasteiger partial charge in [-0.3, -0.25) is 10.0 Å². The molecule has 0 aliphatic heterocycles. The fourth-order valence-electron chi connectivity index (χ4n) is 2.68. The number of carbonyl (C=O) groups excluding carboxylic acids is 1. The van der Waals surface area contributed by atoms with Gasteiger partial charge in [0.2, 0.25) is 5.91 Å². The Hall–Kier alpha value is -2.04. The summed E-state index contributed by atoms with van der Waals surface area (Å²) in [4.78, 5) is 12.0. The lowest BCUT2D eigenvalue weighted by atomic mass is 10.0. The zero-order valence-electron chi connectivity index (χ0n) is 13.2. The van der Waals surface area contributed by atoms with E-state index in [0.29, 0.717) is 16.2 Å². The van der Waals surface area contributed by atoms with Crippen LogP contribution in [0.4, 0.5) is 0 Å². The standard InChI is InChI=1S/C18H18ClNO3/c1-10(2)18(21)20(22)11(3)12-8-9-14-13-6-4-5-7-15(13)23-17(14)16(12)19/h4-11,22H,1-3H3. The van der Waals surface area contributed by atoms with Crippen LogP contribution in [0.3, 0.4) is 0 Å². The van der Waals surface area contributed by atoms with E-state index in [1.165, 1.54) is 0 Å². The highest BCUT2D eigenvalue weighted by atomic mass is 35.5. The van der Waals surface area contributed by atoms with Crippen molar-refractivity contribution in [1.82, 2.24) is 5.06 Å². The van der Waals surface area contributed by atoms with Gasteiger partial charge in [0.25, 0.3) is 0 Å². The molecule has 1 atom stereocenters. The zero-order chi connectivity index (χ0) is 16.7. The molecule has 1 aromatic heterocycles. The number of nitrogens with zero attached hydrogens (tertiary/aromatic N) is 1. The lowest BCUT2D eigenvalue weighted by Gasteiger charge is -2.25. The van der Waals surface area contributed by atoms with Crippen molar-refractivity contribution < 1.29 is 14.4 Å². The van der Waals surface area contributed by atoms with Crippen LogP contribution in [0.15, 0.2) is 40.8 Å². The fraction of sp³-hybridized carbons (Fsp3) is 0.278. The van der Waals surface area contributed by atoms with Crippen LogP contribution in [-0.4, -0.2) is 16.2 Å². The summed E-state index contributed by atoms with van der Waals surface area (Å²) in [6.45, 7) is 5.21. The van der Waals surface area contributed by atoms with Crippen molar-refractivity contribution in [3.05, 3.63) is 47.0 Å². The van der Waals surface area contributed by atoms with Crippen LogP contribution in [0.2, 0.25) is 5.02 Å². The first-order chi connectivity index (χ1) is 10.9. The number of para-hydroxylation sites is 1. The molecule has 0 radical (unpaired) electrons. The molecular weight excluding hydrogens is 314 g/mol. The van der Waals surface area contributed by atoms with E-state index >= 15 is 0 Å². The molecule has 1 amide bonds. The Kier molecular flexibility index (Phi) is 4.04. The third-order valence-electron chi connectivity index (χ3n) is 4.05. The maximum absolute atomic E-state index is 12.0. The highest BCUT2D eigenvalue weighted by Gasteiger charge is 2.25. The minimum Gasteiger partial charge on any atom is -0.454 e. The summed E-state index contributed by atoms with van der Waals surface area (Å²) in [5.41, 5.74) is 1.98. The largest absolute Gasteiger partial charge is 0.454 e. The Morgan fingerprint density at radius 1 is 1.13 bits per heavy atom. The van der Waals surface area contributed by atoms with Gasteiger partial charge < -0.3 is 4.42 Å². The monoisotopic (exact) mass is 331 g/mol. The minimum atomic E-state index is -0.560. The molecule has 1 unspecified atom stereocenters. The van der Waals surface area contributed by atoms with Crippen LogP contribution in [0.1, 0.15) is 32.4 Å². The maximum Gasteiger partial charge on any atom is 0.249 e. The van der Waals surface area contributed by atoms with Gasteiger partial charge in [-0.2, -0.15) is 0 Å². The van der Waals surface area contributed by atoms with Crippen LogP contribution in [0, 0.1) is 5.92 Å². The topological polar surface area (TPSA) is 53.7 Å². The van der Waals surface area contributed by atoms with Crippen molar-refractivity contribution in [3.8, 4) is 0 Å².